The van der Waals surface area contributed by atoms with Crippen molar-refractivity contribution in [3.05, 3.63) is 64.1 Å². The van der Waals surface area contributed by atoms with Gasteiger partial charge in [-0.05, 0) is 36.6 Å². The third-order valence-electron chi connectivity index (χ3n) is 4.62. The first-order valence-electron chi connectivity index (χ1n) is 8.91. The Morgan fingerprint density at radius 3 is 2.69 bits per heavy atom. The summed E-state index contributed by atoms with van der Waals surface area (Å²) in [5.41, 5.74) is 2.02. The van der Waals surface area contributed by atoms with Crippen molar-refractivity contribution in [2.45, 2.75) is 31.9 Å². The predicted octanol–water partition coefficient (Wildman–Crippen LogP) is 4.21. The molecule has 2 aromatic rings. The van der Waals surface area contributed by atoms with Crippen LogP contribution >= 0.6 is 15.9 Å². The molecular weight excluding hydrogens is 394 g/mol. The van der Waals surface area contributed by atoms with Crippen molar-refractivity contribution >= 4 is 21.8 Å². The molecule has 0 spiro atoms. The number of carbonyl (C=O) groups is 1. The number of nitrogens with zero attached hydrogens (tertiary/aromatic N) is 1. The fourth-order valence-electron chi connectivity index (χ4n) is 3.22. The second-order valence-electron chi connectivity index (χ2n) is 6.52. The lowest BCUT2D eigenvalue weighted by Gasteiger charge is -2.26. The Balaban J connectivity index is 1.75. The second-order valence-corrected chi connectivity index (χ2v) is 7.44. The van der Waals surface area contributed by atoms with Crippen LogP contribution in [0, 0.1) is 0 Å². The minimum Gasteiger partial charge on any atom is -0.496 e. The van der Waals surface area contributed by atoms with Crippen LogP contribution in [0.5, 0.6) is 5.75 Å². The zero-order valence-electron chi connectivity index (χ0n) is 15.0. The van der Waals surface area contributed by atoms with Crippen LogP contribution < -0.4 is 4.74 Å². The number of halogens is 1. The molecule has 1 aliphatic heterocycles. The molecule has 0 aromatic heterocycles. The van der Waals surface area contributed by atoms with Crippen LogP contribution in [0.3, 0.4) is 0 Å². The van der Waals surface area contributed by atoms with E-state index in [-0.39, 0.29) is 12.0 Å². The maximum Gasteiger partial charge on any atom is 0.227 e. The molecule has 1 amide bonds. The number of benzene rings is 2. The van der Waals surface area contributed by atoms with E-state index >= 15 is 0 Å². The summed E-state index contributed by atoms with van der Waals surface area (Å²) in [4.78, 5) is 14.9. The lowest BCUT2D eigenvalue weighted by molar-refractivity contribution is -0.132. The number of carbonyl (C=O) groups excluding carboxylic acids is 1. The molecular formula is C21H24BrNO3. The summed E-state index contributed by atoms with van der Waals surface area (Å²) in [6, 6.07) is 15.7. The Morgan fingerprint density at radius 2 is 2.00 bits per heavy atom. The van der Waals surface area contributed by atoms with Gasteiger partial charge in [0.25, 0.3) is 0 Å². The topological polar surface area (TPSA) is 38.8 Å². The molecule has 1 saturated heterocycles. The van der Waals surface area contributed by atoms with Crippen molar-refractivity contribution in [2.24, 2.45) is 0 Å². The van der Waals surface area contributed by atoms with Gasteiger partial charge < -0.3 is 14.4 Å². The maximum atomic E-state index is 13.0. The highest BCUT2D eigenvalue weighted by Crippen LogP contribution is 2.22. The van der Waals surface area contributed by atoms with Gasteiger partial charge in [0.1, 0.15) is 5.75 Å². The van der Waals surface area contributed by atoms with Crippen LogP contribution in [0.2, 0.25) is 0 Å². The highest BCUT2D eigenvalue weighted by atomic mass is 79.9. The van der Waals surface area contributed by atoms with Gasteiger partial charge >= 0.3 is 0 Å². The third kappa shape index (κ3) is 5.08. The predicted molar refractivity (Wildman–Crippen MR) is 105 cm³/mol. The van der Waals surface area contributed by atoms with E-state index in [1.54, 1.807) is 7.11 Å². The normalized spacial score (nSPS) is 16.5. The van der Waals surface area contributed by atoms with Crippen molar-refractivity contribution in [1.29, 1.82) is 0 Å². The van der Waals surface area contributed by atoms with Gasteiger partial charge in [-0.15, -0.1) is 0 Å². The van der Waals surface area contributed by atoms with Crippen LogP contribution in [0.1, 0.15) is 24.0 Å². The Kier molecular flexibility index (Phi) is 6.69. The van der Waals surface area contributed by atoms with Gasteiger partial charge in [0.05, 0.1) is 19.6 Å². The standard InChI is InChI=1S/C21H24BrNO3/c1-25-20-7-3-2-5-17(20)14-23(15-19-6-4-12-26-19)21(24)13-16-8-10-18(22)11-9-16/h2-3,5,7-11,19H,4,6,12-15H2,1H3. The van der Waals surface area contributed by atoms with Crippen LogP contribution in [0.4, 0.5) is 0 Å². The van der Waals surface area contributed by atoms with E-state index in [2.05, 4.69) is 15.9 Å². The number of hydrogen-bond donors (Lipinski definition) is 0. The van der Waals surface area contributed by atoms with E-state index in [1.807, 2.05) is 53.4 Å². The lowest BCUT2D eigenvalue weighted by Crippen LogP contribution is -2.38. The molecule has 2 aromatic carbocycles. The molecule has 4 nitrogen and oxygen atoms in total. The first-order chi connectivity index (χ1) is 12.7. The summed E-state index contributed by atoms with van der Waals surface area (Å²) in [5.74, 6) is 0.912. The van der Waals surface area contributed by atoms with Crippen molar-refractivity contribution in [3.8, 4) is 5.75 Å². The number of rotatable bonds is 7. The monoisotopic (exact) mass is 417 g/mol. The SMILES string of the molecule is COc1ccccc1CN(CC1CCCO1)C(=O)Cc1ccc(Br)cc1. The van der Waals surface area contributed by atoms with E-state index in [4.69, 9.17) is 9.47 Å². The molecule has 1 unspecified atom stereocenters. The first-order valence-corrected chi connectivity index (χ1v) is 9.70. The molecule has 5 heteroatoms. The molecule has 3 rings (SSSR count). The molecule has 0 N–H and O–H groups in total. The molecule has 1 atom stereocenters. The number of amides is 1. The average Bonchev–Trinajstić information content (AvgIpc) is 3.16. The summed E-state index contributed by atoms with van der Waals surface area (Å²) < 4.78 is 12.2. The van der Waals surface area contributed by atoms with E-state index in [9.17, 15) is 4.79 Å². The zero-order valence-corrected chi connectivity index (χ0v) is 16.6. The van der Waals surface area contributed by atoms with Crippen molar-refractivity contribution in [3.63, 3.8) is 0 Å². The summed E-state index contributed by atoms with van der Waals surface area (Å²) in [6.07, 6.45) is 2.58. The van der Waals surface area contributed by atoms with Crippen molar-refractivity contribution in [2.75, 3.05) is 20.3 Å². The lowest BCUT2D eigenvalue weighted by atomic mass is 10.1. The zero-order chi connectivity index (χ0) is 18.4. The molecule has 138 valence electrons. The number of methoxy groups -OCH3 is 1. The molecule has 0 aliphatic carbocycles. The van der Waals surface area contributed by atoms with Gasteiger partial charge in [-0.2, -0.15) is 0 Å². The van der Waals surface area contributed by atoms with Gasteiger partial charge in [-0.1, -0.05) is 46.3 Å². The van der Waals surface area contributed by atoms with Gasteiger partial charge in [0, 0.05) is 29.7 Å². The number of ether oxygens (including phenoxy) is 2. The second kappa shape index (κ2) is 9.19. The molecule has 1 fully saturated rings. The Morgan fingerprint density at radius 1 is 1.23 bits per heavy atom. The molecule has 0 bridgehead atoms. The Hall–Kier alpha value is -1.85. The number of hydrogen-bond acceptors (Lipinski definition) is 3. The summed E-state index contributed by atoms with van der Waals surface area (Å²) in [6.45, 7) is 1.93. The Bertz CT molecular complexity index is 726. The molecule has 26 heavy (non-hydrogen) atoms. The highest BCUT2D eigenvalue weighted by molar-refractivity contribution is 9.10. The van der Waals surface area contributed by atoms with Crippen LogP contribution in [0.15, 0.2) is 53.0 Å². The molecule has 0 saturated carbocycles. The highest BCUT2D eigenvalue weighted by Gasteiger charge is 2.23. The quantitative estimate of drug-likeness (QED) is 0.677. The fourth-order valence-corrected chi connectivity index (χ4v) is 3.48. The van der Waals surface area contributed by atoms with Gasteiger partial charge in [-0.3, -0.25) is 4.79 Å². The smallest absolute Gasteiger partial charge is 0.227 e. The van der Waals surface area contributed by atoms with E-state index in [0.717, 1.165) is 40.8 Å². The summed E-state index contributed by atoms with van der Waals surface area (Å²) in [5, 5.41) is 0. The minimum absolute atomic E-state index is 0.105. The molecule has 1 aliphatic rings. The fraction of sp³-hybridized carbons (Fsp3) is 0.381. The van der Waals surface area contributed by atoms with Gasteiger partial charge in [-0.25, -0.2) is 0 Å². The summed E-state index contributed by atoms with van der Waals surface area (Å²) >= 11 is 3.43. The van der Waals surface area contributed by atoms with E-state index in [0.29, 0.717) is 19.5 Å². The maximum absolute atomic E-state index is 13.0. The molecule has 0 radical (unpaired) electrons. The van der Waals surface area contributed by atoms with E-state index < -0.39 is 0 Å². The van der Waals surface area contributed by atoms with Crippen LogP contribution in [0.25, 0.3) is 0 Å². The Labute approximate surface area is 163 Å². The third-order valence-corrected chi connectivity index (χ3v) is 5.15. The van der Waals surface area contributed by atoms with Crippen LogP contribution in [-0.2, 0) is 22.5 Å². The average molecular weight is 418 g/mol. The van der Waals surface area contributed by atoms with Crippen molar-refractivity contribution in [1.82, 2.24) is 4.90 Å². The first kappa shape index (κ1) is 18.9. The van der Waals surface area contributed by atoms with E-state index in [1.165, 1.54) is 0 Å². The number of para-hydroxylation sites is 1. The largest absolute Gasteiger partial charge is 0.496 e. The van der Waals surface area contributed by atoms with Crippen LogP contribution in [-0.4, -0.2) is 37.2 Å². The summed E-state index contributed by atoms with van der Waals surface area (Å²) in [7, 11) is 1.66. The van der Waals surface area contributed by atoms with Gasteiger partial charge in [0.2, 0.25) is 5.91 Å². The minimum atomic E-state index is 0.105. The molecule has 1 heterocycles. The van der Waals surface area contributed by atoms with Gasteiger partial charge in [0.15, 0.2) is 0 Å². The van der Waals surface area contributed by atoms with Crippen molar-refractivity contribution < 1.29 is 14.3 Å².